The van der Waals surface area contributed by atoms with Crippen molar-refractivity contribution in [2.75, 3.05) is 13.7 Å². The van der Waals surface area contributed by atoms with Crippen LogP contribution in [0.2, 0.25) is 0 Å². The van der Waals surface area contributed by atoms with Crippen LogP contribution in [-0.4, -0.2) is 18.8 Å². The van der Waals surface area contributed by atoms with Crippen molar-refractivity contribution in [2.45, 2.75) is 51.4 Å². The third-order valence-electron chi connectivity index (χ3n) is 3.29. The number of unbranched alkanes of at least 4 members (excludes halogenated alkanes) is 6. The number of hydrogen-bond donors (Lipinski definition) is 1. The zero-order valence-electron chi connectivity index (χ0n) is 11.5. The van der Waals surface area contributed by atoms with Gasteiger partial charge < -0.3 is 9.84 Å². The van der Waals surface area contributed by atoms with Gasteiger partial charge in [0.15, 0.2) is 0 Å². The van der Waals surface area contributed by atoms with Crippen molar-refractivity contribution in [3.8, 4) is 5.75 Å². The summed E-state index contributed by atoms with van der Waals surface area (Å²) >= 11 is 0. The Morgan fingerprint density at radius 3 is 2.17 bits per heavy atom. The van der Waals surface area contributed by atoms with Crippen LogP contribution in [0.1, 0.15) is 50.5 Å². The minimum Gasteiger partial charge on any atom is -0.508 e. The molecule has 0 aliphatic heterocycles. The third-order valence-corrected chi connectivity index (χ3v) is 3.29. The Morgan fingerprint density at radius 2 is 1.50 bits per heavy atom. The number of aryl methyl sites for hydroxylation is 1. The molecule has 1 aromatic carbocycles. The summed E-state index contributed by atoms with van der Waals surface area (Å²) in [6.45, 7) is 0.896. The van der Waals surface area contributed by atoms with Crippen molar-refractivity contribution in [3.05, 3.63) is 29.8 Å². The van der Waals surface area contributed by atoms with Gasteiger partial charge in [0.05, 0.1) is 0 Å². The maximum absolute atomic E-state index is 9.62. The molecule has 0 saturated heterocycles. The van der Waals surface area contributed by atoms with Crippen LogP contribution in [0.3, 0.4) is 0 Å². The highest BCUT2D eigenvalue weighted by molar-refractivity contribution is 5.31. The molecule has 0 bridgehead atoms. The van der Waals surface area contributed by atoms with Gasteiger partial charge in [-0.05, 0) is 30.9 Å². The zero-order valence-corrected chi connectivity index (χ0v) is 11.5. The Bertz CT molecular complexity index is 310. The second-order valence-electron chi connectivity index (χ2n) is 4.85. The largest absolute Gasteiger partial charge is 0.508 e. The molecule has 18 heavy (non-hydrogen) atoms. The Hall–Kier alpha value is -1.02. The molecule has 0 fully saturated rings. The first-order valence-corrected chi connectivity index (χ1v) is 7.10. The van der Waals surface area contributed by atoms with Gasteiger partial charge in [-0.25, -0.2) is 0 Å². The summed E-state index contributed by atoms with van der Waals surface area (Å²) < 4.78 is 5.02. The van der Waals surface area contributed by atoms with Gasteiger partial charge in [0, 0.05) is 13.7 Å². The monoisotopic (exact) mass is 250 g/mol. The minimum absolute atomic E-state index is 0.442. The SMILES string of the molecule is COCCCCCCCCCc1ccccc1O. The summed E-state index contributed by atoms with van der Waals surface area (Å²) in [6, 6.07) is 7.65. The predicted octanol–water partition coefficient (Wildman–Crippen LogP) is 4.31. The molecule has 0 aliphatic carbocycles. The molecule has 2 heteroatoms. The van der Waals surface area contributed by atoms with Gasteiger partial charge >= 0.3 is 0 Å². The van der Waals surface area contributed by atoms with E-state index >= 15 is 0 Å². The van der Waals surface area contributed by atoms with Gasteiger partial charge in [-0.3, -0.25) is 0 Å². The fourth-order valence-electron chi connectivity index (χ4n) is 2.17. The Morgan fingerprint density at radius 1 is 0.889 bits per heavy atom. The van der Waals surface area contributed by atoms with Crippen molar-refractivity contribution in [3.63, 3.8) is 0 Å². The van der Waals surface area contributed by atoms with Gasteiger partial charge in [0.1, 0.15) is 5.75 Å². The summed E-state index contributed by atoms with van der Waals surface area (Å²) in [5.74, 6) is 0.442. The summed E-state index contributed by atoms with van der Waals surface area (Å²) in [5, 5.41) is 9.62. The lowest BCUT2D eigenvalue weighted by molar-refractivity contribution is 0.192. The number of aromatic hydroxyl groups is 1. The van der Waals surface area contributed by atoms with Gasteiger partial charge in [0.2, 0.25) is 0 Å². The van der Waals surface area contributed by atoms with Crippen molar-refractivity contribution in [1.29, 1.82) is 0 Å². The third kappa shape index (κ3) is 6.65. The fraction of sp³-hybridized carbons (Fsp3) is 0.625. The van der Waals surface area contributed by atoms with Crippen LogP contribution in [0.4, 0.5) is 0 Å². The van der Waals surface area contributed by atoms with E-state index in [1.165, 1.54) is 44.9 Å². The van der Waals surface area contributed by atoms with Crippen LogP contribution >= 0.6 is 0 Å². The molecule has 0 aliphatic rings. The number of hydrogen-bond acceptors (Lipinski definition) is 2. The summed E-state index contributed by atoms with van der Waals surface area (Å²) in [4.78, 5) is 0. The quantitative estimate of drug-likeness (QED) is 0.627. The molecule has 0 spiro atoms. The smallest absolute Gasteiger partial charge is 0.118 e. The van der Waals surface area contributed by atoms with Crippen molar-refractivity contribution < 1.29 is 9.84 Å². The van der Waals surface area contributed by atoms with E-state index in [0.717, 1.165) is 18.6 Å². The molecule has 0 saturated carbocycles. The highest BCUT2D eigenvalue weighted by atomic mass is 16.5. The predicted molar refractivity (Wildman–Crippen MR) is 76.0 cm³/mol. The number of ether oxygens (including phenoxy) is 1. The van der Waals surface area contributed by atoms with Crippen molar-refractivity contribution in [2.24, 2.45) is 0 Å². The van der Waals surface area contributed by atoms with E-state index in [0.29, 0.717) is 5.75 Å². The van der Waals surface area contributed by atoms with Crippen LogP contribution in [-0.2, 0) is 11.2 Å². The zero-order chi connectivity index (χ0) is 13.1. The van der Waals surface area contributed by atoms with Crippen molar-refractivity contribution >= 4 is 0 Å². The number of para-hydroxylation sites is 1. The van der Waals surface area contributed by atoms with Gasteiger partial charge in [-0.1, -0.05) is 50.3 Å². The first-order valence-electron chi connectivity index (χ1n) is 7.10. The second-order valence-corrected chi connectivity index (χ2v) is 4.85. The topological polar surface area (TPSA) is 29.5 Å². The molecule has 0 aromatic heterocycles. The molecular weight excluding hydrogens is 224 g/mol. The lowest BCUT2D eigenvalue weighted by Gasteiger charge is -2.04. The number of rotatable bonds is 10. The van der Waals surface area contributed by atoms with Gasteiger partial charge in [-0.15, -0.1) is 0 Å². The highest BCUT2D eigenvalue weighted by Gasteiger charge is 1.99. The maximum Gasteiger partial charge on any atom is 0.118 e. The van der Waals surface area contributed by atoms with E-state index < -0.39 is 0 Å². The van der Waals surface area contributed by atoms with Gasteiger partial charge in [-0.2, -0.15) is 0 Å². The van der Waals surface area contributed by atoms with Gasteiger partial charge in [0.25, 0.3) is 0 Å². The standard InChI is InChI=1S/C16H26O2/c1-18-14-10-6-4-2-3-5-7-11-15-12-8-9-13-16(15)17/h8-9,12-13,17H,2-7,10-11,14H2,1H3. The lowest BCUT2D eigenvalue weighted by Crippen LogP contribution is -1.89. The van der Waals surface area contributed by atoms with Crippen molar-refractivity contribution in [1.82, 2.24) is 0 Å². The van der Waals surface area contributed by atoms with Crippen LogP contribution in [0.25, 0.3) is 0 Å². The molecule has 0 radical (unpaired) electrons. The van der Waals surface area contributed by atoms with E-state index in [4.69, 9.17) is 4.74 Å². The van der Waals surface area contributed by atoms with Crippen LogP contribution in [0.15, 0.2) is 24.3 Å². The second kappa shape index (κ2) is 9.95. The average molecular weight is 250 g/mol. The summed E-state index contributed by atoms with van der Waals surface area (Å²) in [6.07, 6.45) is 9.86. The fourth-order valence-corrected chi connectivity index (χ4v) is 2.17. The molecule has 0 amide bonds. The lowest BCUT2D eigenvalue weighted by atomic mass is 10.0. The summed E-state index contributed by atoms with van der Waals surface area (Å²) in [7, 11) is 1.76. The van der Waals surface area contributed by atoms with E-state index in [9.17, 15) is 5.11 Å². The highest BCUT2D eigenvalue weighted by Crippen LogP contribution is 2.18. The Labute approximate surface area is 111 Å². The van der Waals surface area contributed by atoms with E-state index in [-0.39, 0.29) is 0 Å². The average Bonchev–Trinajstić information content (AvgIpc) is 2.39. The number of benzene rings is 1. The maximum atomic E-state index is 9.62. The molecule has 0 unspecified atom stereocenters. The first kappa shape index (κ1) is 15.0. The molecule has 1 aromatic rings. The summed E-state index contributed by atoms with van der Waals surface area (Å²) in [5.41, 5.74) is 1.08. The normalized spacial score (nSPS) is 10.7. The Kier molecular flexibility index (Phi) is 8.32. The first-order chi connectivity index (χ1) is 8.84. The van der Waals surface area contributed by atoms with E-state index in [1.54, 1.807) is 13.2 Å². The molecule has 2 nitrogen and oxygen atoms in total. The van der Waals surface area contributed by atoms with Crippen LogP contribution in [0.5, 0.6) is 5.75 Å². The molecule has 102 valence electrons. The van der Waals surface area contributed by atoms with Crippen LogP contribution < -0.4 is 0 Å². The Balaban J connectivity index is 1.94. The molecule has 1 N–H and O–H groups in total. The number of phenols is 1. The molecule has 0 heterocycles. The van der Waals surface area contributed by atoms with E-state index in [1.807, 2.05) is 18.2 Å². The number of phenolic OH excluding ortho intramolecular Hbond substituents is 1. The number of methoxy groups -OCH3 is 1. The molecular formula is C16H26O2. The van der Waals surface area contributed by atoms with E-state index in [2.05, 4.69) is 0 Å². The molecule has 1 rings (SSSR count). The minimum atomic E-state index is 0.442. The van der Waals surface area contributed by atoms with Crippen LogP contribution in [0, 0.1) is 0 Å². The molecule has 0 atom stereocenters.